The Labute approximate surface area is 101 Å². The van der Waals surface area contributed by atoms with Gasteiger partial charge < -0.3 is 15.8 Å². The van der Waals surface area contributed by atoms with Crippen molar-refractivity contribution in [1.82, 2.24) is 0 Å². The van der Waals surface area contributed by atoms with Crippen molar-refractivity contribution < 1.29 is 9.53 Å². The molecule has 4 nitrogen and oxygen atoms in total. The number of rotatable bonds is 2. The number of nitrogens with one attached hydrogen (secondary N) is 1. The maximum absolute atomic E-state index is 11.4. The first-order chi connectivity index (χ1) is 7.94. The van der Waals surface area contributed by atoms with Crippen molar-refractivity contribution in [3.63, 3.8) is 0 Å². The van der Waals surface area contributed by atoms with Crippen LogP contribution in [-0.2, 0) is 11.2 Å². The zero-order chi connectivity index (χ0) is 12.5. The summed E-state index contributed by atoms with van der Waals surface area (Å²) >= 11 is 0. The highest BCUT2D eigenvalue weighted by atomic mass is 16.5. The summed E-state index contributed by atoms with van der Waals surface area (Å²) in [4.78, 5) is 11.4. The highest BCUT2D eigenvalue weighted by Crippen LogP contribution is 2.29. The lowest BCUT2D eigenvalue weighted by Crippen LogP contribution is -2.34. The molecule has 17 heavy (non-hydrogen) atoms. The first-order valence-corrected chi connectivity index (χ1v) is 5.78. The minimum Gasteiger partial charge on any atom is -0.491 e. The van der Waals surface area contributed by atoms with Gasteiger partial charge in [0.25, 0.3) is 0 Å². The van der Waals surface area contributed by atoms with E-state index in [9.17, 15) is 4.79 Å². The lowest BCUT2D eigenvalue weighted by molar-refractivity contribution is -0.116. The number of nitrogens with two attached hydrogens (primary N) is 1. The third-order valence-electron chi connectivity index (χ3n) is 2.56. The van der Waals surface area contributed by atoms with Gasteiger partial charge in [-0.15, -0.1) is 0 Å². The summed E-state index contributed by atoms with van der Waals surface area (Å²) in [6.07, 6.45) is 1.16. The summed E-state index contributed by atoms with van der Waals surface area (Å²) < 4.78 is 5.49. The van der Waals surface area contributed by atoms with Crippen LogP contribution in [0.1, 0.15) is 25.8 Å². The fraction of sp³-hybridized carbons (Fsp3) is 0.462. The Morgan fingerprint density at radius 2 is 2.24 bits per heavy atom. The molecule has 0 bridgehead atoms. The highest BCUT2D eigenvalue weighted by molar-refractivity contribution is 5.93. The van der Waals surface area contributed by atoms with Crippen molar-refractivity contribution in [2.24, 2.45) is 5.73 Å². The van der Waals surface area contributed by atoms with Crippen molar-refractivity contribution in [2.45, 2.75) is 32.2 Å². The van der Waals surface area contributed by atoms with Crippen LogP contribution in [0.3, 0.4) is 0 Å². The molecule has 0 aliphatic carbocycles. The Bertz CT molecular complexity index is 436. The molecule has 0 aromatic heterocycles. The SMILES string of the molecule is CC(C)(N)Cc1ccc2c(c1)NC(=O)CCO2. The Kier molecular flexibility index (Phi) is 3.07. The number of amides is 1. The number of carbonyl (C=O) groups excluding carboxylic acids is 1. The summed E-state index contributed by atoms with van der Waals surface area (Å²) in [7, 11) is 0. The Morgan fingerprint density at radius 3 is 2.94 bits per heavy atom. The number of carbonyl (C=O) groups is 1. The molecule has 0 atom stereocenters. The molecule has 2 rings (SSSR count). The lowest BCUT2D eigenvalue weighted by atomic mass is 9.96. The van der Waals surface area contributed by atoms with E-state index in [-0.39, 0.29) is 11.4 Å². The molecular formula is C13H18N2O2. The number of anilines is 1. The minimum atomic E-state index is -0.260. The molecule has 1 heterocycles. The highest BCUT2D eigenvalue weighted by Gasteiger charge is 2.16. The van der Waals surface area contributed by atoms with E-state index in [2.05, 4.69) is 5.32 Å². The van der Waals surface area contributed by atoms with Gasteiger partial charge in [-0.3, -0.25) is 4.79 Å². The lowest BCUT2D eigenvalue weighted by Gasteiger charge is -2.19. The van der Waals surface area contributed by atoms with E-state index in [1.54, 1.807) is 0 Å². The Balaban J connectivity index is 2.26. The minimum absolute atomic E-state index is 0.00657. The smallest absolute Gasteiger partial charge is 0.227 e. The molecule has 1 aromatic rings. The zero-order valence-corrected chi connectivity index (χ0v) is 10.2. The fourth-order valence-electron chi connectivity index (χ4n) is 1.90. The average Bonchev–Trinajstić information content (AvgIpc) is 2.35. The second-order valence-electron chi connectivity index (χ2n) is 5.14. The zero-order valence-electron chi connectivity index (χ0n) is 10.2. The van der Waals surface area contributed by atoms with Gasteiger partial charge in [0.05, 0.1) is 18.7 Å². The molecular weight excluding hydrogens is 216 g/mol. The average molecular weight is 234 g/mol. The molecule has 92 valence electrons. The summed E-state index contributed by atoms with van der Waals surface area (Å²) in [5.41, 5.74) is 7.57. The normalized spacial score (nSPS) is 15.6. The topological polar surface area (TPSA) is 64.3 Å². The van der Waals surface area contributed by atoms with Gasteiger partial charge in [-0.1, -0.05) is 6.07 Å². The van der Waals surface area contributed by atoms with E-state index in [0.717, 1.165) is 23.4 Å². The maximum Gasteiger partial charge on any atom is 0.227 e. The van der Waals surface area contributed by atoms with Gasteiger partial charge >= 0.3 is 0 Å². The molecule has 1 aromatic carbocycles. The van der Waals surface area contributed by atoms with Crippen LogP contribution in [0.4, 0.5) is 5.69 Å². The van der Waals surface area contributed by atoms with Crippen LogP contribution in [0.5, 0.6) is 5.75 Å². The molecule has 0 saturated carbocycles. The maximum atomic E-state index is 11.4. The summed E-state index contributed by atoms with van der Waals surface area (Å²) in [5.74, 6) is 0.724. The van der Waals surface area contributed by atoms with Crippen LogP contribution in [0.2, 0.25) is 0 Å². The molecule has 0 fully saturated rings. The first kappa shape index (κ1) is 11.9. The standard InChI is InChI=1S/C13H18N2O2/c1-13(2,14)8-9-3-4-11-10(7-9)15-12(16)5-6-17-11/h3-4,7H,5-6,8,14H2,1-2H3,(H,15,16). The predicted molar refractivity (Wildman–Crippen MR) is 67.2 cm³/mol. The number of benzene rings is 1. The Morgan fingerprint density at radius 1 is 1.47 bits per heavy atom. The van der Waals surface area contributed by atoms with Gasteiger partial charge in [-0.25, -0.2) is 0 Å². The molecule has 1 aliphatic heterocycles. The third-order valence-corrected chi connectivity index (χ3v) is 2.56. The summed E-state index contributed by atoms with van der Waals surface area (Å²) in [6, 6.07) is 5.82. The van der Waals surface area contributed by atoms with E-state index >= 15 is 0 Å². The second kappa shape index (κ2) is 4.37. The van der Waals surface area contributed by atoms with Crippen molar-refractivity contribution in [1.29, 1.82) is 0 Å². The van der Waals surface area contributed by atoms with E-state index in [1.807, 2.05) is 32.0 Å². The van der Waals surface area contributed by atoms with Crippen LogP contribution in [-0.4, -0.2) is 18.1 Å². The van der Waals surface area contributed by atoms with Crippen LogP contribution >= 0.6 is 0 Å². The third kappa shape index (κ3) is 3.20. The van der Waals surface area contributed by atoms with E-state index in [0.29, 0.717) is 13.0 Å². The van der Waals surface area contributed by atoms with Crippen LogP contribution in [0.15, 0.2) is 18.2 Å². The van der Waals surface area contributed by atoms with Gasteiger partial charge in [-0.05, 0) is 38.0 Å². The van der Waals surface area contributed by atoms with Gasteiger partial charge in [0.1, 0.15) is 5.75 Å². The molecule has 4 heteroatoms. The van der Waals surface area contributed by atoms with Crippen LogP contribution < -0.4 is 15.8 Å². The van der Waals surface area contributed by atoms with Gasteiger partial charge in [0.2, 0.25) is 5.91 Å². The number of fused-ring (bicyclic) bond motifs is 1. The van der Waals surface area contributed by atoms with E-state index < -0.39 is 0 Å². The molecule has 3 N–H and O–H groups in total. The summed E-state index contributed by atoms with van der Waals surface area (Å²) in [6.45, 7) is 4.39. The van der Waals surface area contributed by atoms with Crippen molar-refractivity contribution in [3.8, 4) is 5.75 Å². The van der Waals surface area contributed by atoms with Crippen molar-refractivity contribution in [2.75, 3.05) is 11.9 Å². The number of ether oxygens (including phenoxy) is 1. The molecule has 0 spiro atoms. The second-order valence-corrected chi connectivity index (χ2v) is 5.14. The Hall–Kier alpha value is -1.55. The molecule has 0 saturated heterocycles. The van der Waals surface area contributed by atoms with Crippen molar-refractivity contribution in [3.05, 3.63) is 23.8 Å². The quantitative estimate of drug-likeness (QED) is 0.818. The van der Waals surface area contributed by atoms with Crippen LogP contribution in [0.25, 0.3) is 0 Å². The van der Waals surface area contributed by atoms with Crippen molar-refractivity contribution >= 4 is 11.6 Å². The largest absolute Gasteiger partial charge is 0.491 e. The van der Waals surface area contributed by atoms with Crippen LogP contribution in [0, 0.1) is 0 Å². The van der Waals surface area contributed by atoms with Gasteiger partial charge in [-0.2, -0.15) is 0 Å². The molecule has 1 aliphatic rings. The predicted octanol–water partition coefficient (Wildman–Crippen LogP) is 1.69. The molecule has 1 amide bonds. The summed E-state index contributed by atoms with van der Waals surface area (Å²) in [5, 5.41) is 2.84. The monoisotopic (exact) mass is 234 g/mol. The fourth-order valence-corrected chi connectivity index (χ4v) is 1.90. The number of hydrogen-bond acceptors (Lipinski definition) is 3. The van der Waals surface area contributed by atoms with Gasteiger partial charge in [0, 0.05) is 5.54 Å². The van der Waals surface area contributed by atoms with E-state index in [4.69, 9.17) is 10.5 Å². The molecule has 0 radical (unpaired) electrons. The number of hydrogen-bond donors (Lipinski definition) is 2. The van der Waals surface area contributed by atoms with E-state index in [1.165, 1.54) is 0 Å². The first-order valence-electron chi connectivity index (χ1n) is 5.78. The molecule has 0 unspecified atom stereocenters. The van der Waals surface area contributed by atoms with Gasteiger partial charge in [0.15, 0.2) is 0 Å².